The molecule has 33 heavy (non-hydrogen) atoms. The van der Waals surface area contributed by atoms with Gasteiger partial charge >= 0.3 is 5.97 Å². The molecule has 0 saturated heterocycles. The Morgan fingerprint density at radius 1 is 0.939 bits per heavy atom. The molecule has 1 N–H and O–H groups in total. The summed E-state index contributed by atoms with van der Waals surface area (Å²) in [5.41, 5.74) is 4.23. The van der Waals surface area contributed by atoms with Gasteiger partial charge in [0.1, 0.15) is 12.4 Å². The maximum Gasteiger partial charge on any atom is 0.333 e. The third kappa shape index (κ3) is 8.37. The average Bonchev–Trinajstić information content (AvgIpc) is 2.81. The lowest BCUT2D eigenvalue weighted by molar-refractivity contribution is -0.149. The first-order chi connectivity index (χ1) is 16.0. The summed E-state index contributed by atoms with van der Waals surface area (Å²) in [5.74, 6) is -0.221. The van der Waals surface area contributed by atoms with Crippen LogP contribution >= 0.6 is 15.9 Å². The predicted molar refractivity (Wildman–Crippen MR) is 137 cm³/mol. The molecule has 0 spiro atoms. The van der Waals surface area contributed by atoms with Gasteiger partial charge in [0.05, 0.1) is 0 Å². The molecular formula is C28H27BrO4. The van der Waals surface area contributed by atoms with Gasteiger partial charge in [0.25, 0.3) is 0 Å². The van der Waals surface area contributed by atoms with E-state index in [1.54, 1.807) is 6.92 Å². The molecular weight excluding hydrogens is 480 g/mol. The Morgan fingerprint density at radius 2 is 1.61 bits per heavy atom. The van der Waals surface area contributed by atoms with Gasteiger partial charge in [-0.25, -0.2) is 4.79 Å². The van der Waals surface area contributed by atoms with Gasteiger partial charge in [0.15, 0.2) is 6.10 Å². The smallest absolute Gasteiger partial charge is 0.333 e. The number of carboxylic acids is 1. The van der Waals surface area contributed by atoms with Crippen LogP contribution in [0.1, 0.15) is 29.2 Å². The minimum atomic E-state index is -0.950. The van der Waals surface area contributed by atoms with Gasteiger partial charge < -0.3 is 14.6 Å². The summed E-state index contributed by atoms with van der Waals surface area (Å²) in [6, 6.07) is 23.9. The van der Waals surface area contributed by atoms with Crippen LogP contribution in [-0.2, 0) is 16.0 Å². The monoisotopic (exact) mass is 506 g/mol. The number of carbonyl (C=O) groups is 1. The van der Waals surface area contributed by atoms with Crippen LogP contribution in [-0.4, -0.2) is 30.4 Å². The first-order valence-corrected chi connectivity index (χ1v) is 11.6. The van der Waals surface area contributed by atoms with E-state index in [1.807, 2.05) is 54.6 Å². The number of rotatable bonds is 11. The van der Waals surface area contributed by atoms with Crippen molar-refractivity contribution in [1.82, 2.24) is 0 Å². The van der Waals surface area contributed by atoms with Crippen molar-refractivity contribution in [2.45, 2.75) is 19.4 Å². The van der Waals surface area contributed by atoms with Gasteiger partial charge in [-0.3, -0.25) is 0 Å². The fourth-order valence-electron chi connectivity index (χ4n) is 3.27. The highest BCUT2D eigenvalue weighted by molar-refractivity contribution is 9.10. The van der Waals surface area contributed by atoms with Crippen LogP contribution in [0, 0.1) is 0 Å². The fourth-order valence-corrected chi connectivity index (χ4v) is 3.80. The van der Waals surface area contributed by atoms with Crippen molar-refractivity contribution >= 4 is 40.1 Å². The highest BCUT2D eigenvalue weighted by atomic mass is 79.9. The van der Waals surface area contributed by atoms with Crippen LogP contribution < -0.4 is 4.74 Å². The predicted octanol–water partition coefficient (Wildman–Crippen LogP) is 6.74. The summed E-state index contributed by atoms with van der Waals surface area (Å²) in [7, 11) is 0. The lowest BCUT2D eigenvalue weighted by Crippen LogP contribution is -2.26. The highest BCUT2D eigenvalue weighted by Gasteiger charge is 2.17. The number of ether oxygens (including phenoxy) is 2. The van der Waals surface area contributed by atoms with Crippen LogP contribution in [0.3, 0.4) is 0 Å². The van der Waals surface area contributed by atoms with Gasteiger partial charge in [-0.05, 0) is 65.6 Å². The van der Waals surface area contributed by atoms with Crippen molar-refractivity contribution in [1.29, 1.82) is 0 Å². The second-order valence-electron chi connectivity index (χ2n) is 7.41. The van der Waals surface area contributed by atoms with Crippen molar-refractivity contribution in [2.75, 3.05) is 13.2 Å². The molecule has 0 fully saturated rings. The zero-order valence-corrected chi connectivity index (χ0v) is 20.1. The summed E-state index contributed by atoms with van der Waals surface area (Å²) in [5, 5.41) is 9.21. The van der Waals surface area contributed by atoms with E-state index < -0.39 is 12.1 Å². The first kappa shape index (κ1) is 24.5. The van der Waals surface area contributed by atoms with E-state index in [4.69, 9.17) is 9.47 Å². The van der Waals surface area contributed by atoms with Gasteiger partial charge in [-0.15, -0.1) is 0 Å². The molecule has 0 amide bonds. The fraction of sp³-hybridized carbons (Fsp3) is 0.179. The van der Waals surface area contributed by atoms with Gasteiger partial charge in [-0.1, -0.05) is 76.6 Å². The molecule has 1 atom stereocenters. The van der Waals surface area contributed by atoms with Gasteiger partial charge in [0, 0.05) is 17.5 Å². The molecule has 170 valence electrons. The maximum atomic E-state index is 11.2. The van der Waals surface area contributed by atoms with Crippen LogP contribution in [0.5, 0.6) is 5.75 Å². The third-order valence-electron chi connectivity index (χ3n) is 4.85. The van der Waals surface area contributed by atoms with Gasteiger partial charge in [-0.2, -0.15) is 0 Å². The number of aliphatic carboxylic acids is 1. The van der Waals surface area contributed by atoms with Crippen molar-refractivity contribution in [2.24, 2.45) is 0 Å². The summed E-state index contributed by atoms with van der Waals surface area (Å²) >= 11 is 3.58. The summed E-state index contributed by atoms with van der Waals surface area (Å²) in [4.78, 5) is 11.2. The van der Waals surface area contributed by atoms with E-state index in [9.17, 15) is 9.90 Å². The lowest BCUT2D eigenvalue weighted by atomic mass is 10.1. The van der Waals surface area contributed by atoms with Crippen molar-refractivity contribution in [3.63, 3.8) is 0 Å². The molecule has 5 heteroatoms. The van der Waals surface area contributed by atoms with Crippen molar-refractivity contribution in [3.8, 4) is 5.75 Å². The topological polar surface area (TPSA) is 55.8 Å². The zero-order chi connectivity index (χ0) is 23.5. The number of benzene rings is 3. The molecule has 0 radical (unpaired) electrons. The van der Waals surface area contributed by atoms with Crippen molar-refractivity contribution < 1.29 is 19.4 Å². The lowest BCUT2D eigenvalue weighted by Gasteiger charge is -2.12. The summed E-state index contributed by atoms with van der Waals surface area (Å²) in [6.45, 7) is 2.59. The Labute approximate surface area is 203 Å². The van der Waals surface area contributed by atoms with E-state index in [2.05, 4.69) is 58.4 Å². The summed E-state index contributed by atoms with van der Waals surface area (Å²) < 4.78 is 12.1. The number of halogens is 1. The Balaban J connectivity index is 1.54. The molecule has 0 aliphatic rings. The normalized spacial score (nSPS) is 12.3. The Hall–Kier alpha value is -3.15. The molecule has 0 heterocycles. The van der Waals surface area contributed by atoms with Gasteiger partial charge in [0.2, 0.25) is 0 Å². The molecule has 0 saturated carbocycles. The van der Waals surface area contributed by atoms with Crippen LogP contribution in [0.15, 0.2) is 83.3 Å². The Kier molecular flexibility index (Phi) is 9.48. The third-order valence-corrected chi connectivity index (χ3v) is 5.31. The molecule has 0 aliphatic carbocycles. The van der Waals surface area contributed by atoms with Crippen molar-refractivity contribution in [3.05, 3.63) is 106 Å². The van der Waals surface area contributed by atoms with E-state index in [0.717, 1.165) is 32.5 Å². The van der Waals surface area contributed by atoms with E-state index in [1.165, 1.54) is 0 Å². The largest absolute Gasteiger partial charge is 0.490 e. The van der Waals surface area contributed by atoms with E-state index in [-0.39, 0.29) is 0 Å². The SMILES string of the molecule is CCOC(Cc1ccc(OC/C=C/c2cc(Br)cc(/C=C/c3ccccc3)c2)cc1)C(=O)O. The first-order valence-electron chi connectivity index (χ1n) is 10.8. The quantitative estimate of drug-likeness (QED) is 0.292. The Bertz CT molecular complexity index is 1090. The molecule has 3 aromatic rings. The second kappa shape index (κ2) is 12.8. The van der Waals surface area contributed by atoms with Crippen LogP contribution in [0.4, 0.5) is 0 Å². The Morgan fingerprint density at radius 3 is 2.27 bits per heavy atom. The summed E-state index contributed by atoms with van der Waals surface area (Å²) in [6.07, 6.45) is 7.68. The molecule has 0 aromatic heterocycles. The standard InChI is InChI=1S/C28H27BrO4/c1-2-32-27(28(30)31)20-22-12-14-26(15-13-22)33-16-6-9-23-17-24(19-25(29)18-23)11-10-21-7-4-3-5-8-21/h3-15,17-19,27H,2,16,20H2,1H3,(H,30,31)/b9-6+,11-10+. The van der Waals surface area contributed by atoms with E-state index >= 15 is 0 Å². The van der Waals surface area contributed by atoms with Crippen LogP contribution in [0.2, 0.25) is 0 Å². The molecule has 0 aliphatic heterocycles. The molecule has 1 unspecified atom stereocenters. The van der Waals surface area contributed by atoms with E-state index in [0.29, 0.717) is 19.6 Å². The number of hydrogen-bond donors (Lipinski definition) is 1. The molecule has 3 aromatic carbocycles. The highest BCUT2D eigenvalue weighted by Crippen LogP contribution is 2.20. The zero-order valence-electron chi connectivity index (χ0n) is 18.5. The number of carboxylic acid groups (broad SMARTS) is 1. The average molecular weight is 507 g/mol. The molecule has 3 rings (SSSR count). The second-order valence-corrected chi connectivity index (χ2v) is 8.32. The van der Waals surface area contributed by atoms with Crippen LogP contribution in [0.25, 0.3) is 18.2 Å². The maximum absolute atomic E-state index is 11.2. The minimum Gasteiger partial charge on any atom is -0.490 e. The molecule has 0 bridgehead atoms. The molecule has 4 nitrogen and oxygen atoms in total. The minimum absolute atomic E-state index is 0.327. The number of hydrogen-bond acceptors (Lipinski definition) is 3.